The molecule has 0 fully saturated rings. The molecule has 1 aliphatic rings. The Morgan fingerprint density at radius 1 is 1.07 bits per heavy atom. The minimum absolute atomic E-state index is 0.176. The van der Waals surface area contributed by atoms with Crippen LogP contribution in [0.3, 0.4) is 0 Å². The molecule has 0 aliphatic carbocycles. The van der Waals surface area contributed by atoms with Crippen molar-refractivity contribution in [3.8, 4) is 17.2 Å². The minimum atomic E-state index is -0.996. The number of methoxy groups -OCH3 is 1. The van der Waals surface area contributed by atoms with Crippen LogP contribution in [0.25, 0.3) is 5.69 Å². The highest BCUT2D eigenvalue weighted by atomic mass is 16.5. The number of amides is 3. The Balaban J connectivity index is 1.41. The summed E-state index contributed by atoms with van der Waals surface area (Å²) in [4.78, 5) is 48.4. The first kappa shape index (κ1) is 31.3. The summed E-state index contributed by atoms with van der Waals surface area (Å²) in [6.07, 6.45) is 1.52. The Labute approximate surface area is 253 Å². The maximum atomic E-state index is 12.6. The Kier molecular flexibility index (Phi) is 9.68. The van der Waals surface area contributed by atoms with Crippen LogP contribution < -0.4 is 25.5 Å². The zero-order chi connectivity index (χ0) is 32.0. The SMILES string of the molecule is CCOC(=O)C1=C(C)NC(=O)N[C@H]1c1ccc(OCC(=O)N/N=C\c2cc(C)n(-c3ccc(C(=O)O)cc3)c2C)c(OC)c1. The number of carboxylic acids is 1. The number of hydrogen-bond acceptors (Lipinski definition) is 8. The van der Waals surface area contributed by atoms with Gasteiger partial charge in [-0.1, -0.05) is 6.07 Å². The Morgan fingerprint density at radius 3 is 2.45 bits per heavy atom. The molecule has 4 rings (SSSR count). The highest BCUT2D eigenvalue weighted by Crippen LogP contribution is 2.34. The standard InChI is InChI=1S/C31H33N5O8/c1-6-43-30(40)27-18(3)33-31(41)34-28(27)21-9-12-24(25(14-21)42-5)44-16-26(37)35-32-15-22-13-17(2)36(19(22)4)23-10-7-20(8-11-23)29(38)39/h7-15,28H,6,16H2,1-5H3,(H,35,37)(H,38,39)(H2,33,34,41)/b32-15-/t28-/m0/s1. The normalized spacial score (nSPS) is 14.6. The lowest BCUT2D eigenvalue weighted by molar-refractivity contribution is -0.139. The maximum absolute atomic E-state index is 12.6. The third-order valence-corrected chi connectivity index (χ3v) is 6.88. The average Bonchev–Trinajstić information content (AvgIpc) is 3.27. The second kappa shape index (κ2) is 13.6. The van der Waals surface area contributed by atoms with Gasteiger partial charge < -0.3 is 34.5 Å². The average molecular weight is 604 g/mol. The van der Waals surface area contributed by atoms with Gasteiger partial charge in [0.25, 0.3) is 5.91 Å². The van der Waals surface area contributed by atoms with Crippen LogP contribution in [-0.2, 0) is 14.3 Å². The number of ether oxygens (including phenoxy) is 3. The highest BCUT2D eigenvalue weighted by molar-refractivity contribution is 5.95. The van der Waals surface area contributed by atoms with Gasteiger partial charge in [-0.2, -0.15) is 5.10 Å². The zero-order valence-electron chi connectivity index (χ0n) is 24.9. The van der Waals surface area contributed by atoms with E-state index in [2.05, 4.69) is 21.2 Å². The molecule has 0 saturated heterocycles. The van der Waals surface area contributed by atoms with Crippen molar-refractivity contribution < 1.29 is 38.5 Å². The number of allylic oxidation sites excluding steroid dienone is 1. The van der Waals surface area contributed by atoms with E-state index < -0.39 is 29.9 Å². The molecular formula is C31H33N5O8. The van der Waals surface area contributed by atoms with Crippen molar-refractivity contribution in [3.05, 3.63) is 87.9 Å². The van der Waals surface area contributed by atoms with Crippen LogP contribution in [0.15, 0.2) is 64.9 Å². The third kappa shape index (κ3) is 6.89. The molecule has 1 atom stereocenters. The molecule has 1 aliphatic heterocycles. The van der Waals surface area contributed by atoms with E-state index in [4.69, 9.17) is 19.3 Å². The molecule has 13 nitrogen and oxygen atoms in total. The molecule has 0 saturated carbocycles. The number of carbonyl (C=O) groups excluding carboxylic acids is 3. The molecule has 0 unspecified atom stereocenters. The molecule has 44 heavy (non-hydrogen) atoms. The lowest BCUT2D eigenvalue weighted by Gasteiger charge is -2.28. The van der Waals surface area contributed by atoms with Gasteiger partial charge in [-0.05, 0) is 75.7 Å². The van der Waals surface area contributed by atoms with Crippen LogP contribution in [0.2, 0.25) is 0 Å². The van der Waals surface area contributed by atoms with Gasteiger partial charge in [0.2, 0.25) is 0 Å². The number of carbonyl (C=O) groups is 4. The first-order valence-corrected chi connectivity index (χ1v) is 13.6. The number of aryl methyl sites for hydroxylation is 1. The van der Waals surface area contributed by atoms with Crippen molar-refractivity contribution in [1.29, 1.82) is 0 Å². The van der Waals surface area contributed by atoms with Crippen LogP contribution in [-0.4, -0.2) is 60.1 Å². The van der Waals surface area contributed by atoms with Gasteiger partial charge >= 0.3 is 18.0 Å². The van der Waals surface area contributed by atoms with Crippen molar-refractivity contribution in [2.75, 3.05) is 20.3 Å². The van der Waals surface area contributed by atoms with Crippen molar-refractivity contribution >= 4 is 30.1 Å². The van der Waals surface area contributed by atoms with Crippen LogP contribution in [0.1, 0.15) is 52.8 Å². The molecule has 2 heterocycles. The molecule has 230 valence electrons. The summed E-state index contributed by atoms with van der Waals surface area (Å²) in [6, 6.07) is 12.0. The summed E-state index contributed by atoms with van der Waals surface area (Å²) in [5.41, 5.74) is 7.14. The van der Waals surface area contributed by atoms with Gasteiger partial charge in [0.15, 0.2) is 18.1 Å². The molecule has 0 bridgehead atoms. The largest absolute Gasteiger partial charge is 0.493 e. The van der Waals surface area contributed by atoms with E-state index in [9.17, 15) is 19.2 Å². The number of hydrogen-bond donors (Lipinski definition) is 4. The highest BCUT2D eigenvalue weighted by Gasteiger charge is 2.32. The summed E-state index contributed by atoms with van der Waals surface area (Å²) >= 11 is 0. The summed E-state index contributed by atoms with van der Waals surface area (Å²) in [5, 5.41) is 18.5. The molecule has 3 amide bonds. The van der Waals surface area contributed by atoms with Crippen LogP contribution in [0, 0.1) is 13.8 Å². The zero-order valence-corrected chi connectivity index (χ0v) is 24.9. The molecule has 3 aromatic rings. The Hall–Kier alpha value is -5.59. The number of aromatic nitrogens is 1. The lowest BCUT2D eigenvalue weighted by atomic mass is 9.95. The smallest absolute Gasteiger partial charge is 0.338 e. The fourth-order valence-corrected chi connectivity index (χ4v) is 4.82. The molecule has 2 aromatic carbocycles. The van der Waals surface area contributed by atoms with E-state index in [1.54, 1.807) is 44.2 Å². The summed E-state index contributed by atoms with van der Waals surface area (Å²) in [6.45, 7) is 6.93. The monoisotopic (exact) mass is 603 g/mol. The number of benzene rings is 2. The van der Waals surface area contributed by atoms with E-state index >= 15 is 0 Å². The number of nitrogens with one attached hydrogen (secondary N) is 3. The predicted octanol–water partition coefficient (Wildman–Crippen LogP) is 3.52. The molecule has 13 heteroatoms. The van der Waals surface area contributed by atoms with Crippen LogP contribution in [0.5, 0.6) is 11.5 Å². The first-order chi connectivity index (χ1) is 21.0. The van der Waals surface area contributed by atoms with E-state index in [0.29, 0.717) is 11.3 Å². The van der Waals surface area contributed by atoms with E-state index in [0.717, 1.165) is 22.6 Å². The second-order valence-electron chi connectivity index (χ2n) is 9.80. The topological polar surface area (TPSA) is 170 Å². The van der Waals surface area contributed by atoms with Gasteiger partial charge in [-0.15, -0.1) is 0 Å². The number of hydrazone groups is 1. The van der Waals surface area contributed by atoms with Gasteiger partial charge in [0, 0.05) is 28.3 Å². The Morgan fingerprint density at radius 2 is 1.80 bits per heavy atom. The van der Waals surface area contributed by atoms with E-state index in [-0.39, 0.29) is 35.8 Å². The molecule has 4 N–H and O–H groups in total. The fraction of sp³-hybridized carbons (Fsp3) is 0.258. The molecule has 0 spiro atoms. The number of esters is 1. The maximum Gasteiger partial charge on any atom is 0.338 e. The number of nitrogens with zero attached hydrogens (tertiary/aromatic N) is 2. The van der Waals surface area contributed by atoms with Crippen molar-refractivity contribution in [2.45, 2.75) is 33.7 Å². The summed E-state index contributed by atoms with van der Waals surface area (Å²) in [7, 11) is 1.43. The summed E-state index contributed by atoms with van der Waals surface area (Å²) in [5.74, 6) is -1.51. The minimum Gasteiger partial charge on any atom is -0.493 e. The number of urea groups is 1. The molecule has 0 radical (unpaired) electrons. The van der Waals surface area contributed by atoms with Gasteiger partial charge in [0.1, 0.15) is 0 Å². The Bertz CT molecular complexity index is 1660. The van der Waals surface area contributed by atoms with Crippen LogP contribution >= 0.6 is 0 Å². The lowest BCUT2D eigenvalue weighted by Crippen LogP contribution is -2.45. The fourth-order valence-electron chi connectivity index (χ4n) is 4.82. The predicted molar refractivity (Wildman–Crippen MR) is 160 cm³/mol. The van der Waals surface area contributed by atoms with Crippen LogP contribution in [0.4, 0.5) is 4.79 Å². The first-order valence-electron chi connectivity index (χ1n) is 13.6. The van der Waals surface area contributed by atoms with Gasteiger partial charge in [-0.3, -0.25) is 4.79 Å². The molecule has 1 aromatic heterocycles. The van der Waals surface area contributed by atoms with Gasteiger partial charge in [0.05, 0.1) is 37.1 Å². The molecular weight excluding hydrogens is 570 g/mol. The van der Waals surface area contributed by atoms with Gasteiger partial charge in [-0.25, -0.2) is 19.8 Å². The van der Waals surface area contributed by atoms with Crippen molar-refractivity contribution in [3.63, 3.8) is 0 Å². The van der Waals surface area contributed by atoms with Crippen molar-refractivity contribution in [1.82, 2.24) is 20.6 Å². The number of aromatic carboxylic acids is 1. The van der Waals surface area contributed by atoms with E-state index in [1.165, 1.54) is 25.5 Å². The second-order valence-corrected chi connectivity index (χ2v) is 9.80. The number of rotatable bonds is 11. The number of carboxylic acid groups (broad SMARTS) is 1. The van der Waals surface area contributed by atoms with Crippen molar-refractivity contribution in [2.24, 2.45) is 5.10 Å². The van der Waals surface area contributed by atoms with E-state index in [1.807, 2.05) is 24.5 Å². The summed E-state index contributed by atoms with van der Waals surface area (Å²) < 4.78 is 18.2. The third-order valence-electron chi connectivity index (χ3n) is 6.88. The quantitative estimate of drug-likeness (QED) is 0.147.